The molecule has 1 aromatic carbocycles. The first kappa shape index (κ1) is 12.0. The lowest BCUT2D eigenvalue weighted by Crippen LogP contribution is -2.26. The fraction of sp³-hybridized carbons (Fsp3) is 0. The van der Waals surface area contributed by atoms with E-state index in [0.29, 0.717) is 5.69 Å². The highest BCUT2D eigenvalue weighted by molar-refractivity contribution is 9.13. The van der Waals surface area contributed by atoms with Gasteiger partial charge in [-0.25, -0.2) is 4.99 Å². The Morgan fingerprint density at radius 2 is 1.73 bits per heavy atom. The van der Waals surface area contributed by atoms with Gasteiger partial charge in [-0.1, -0.05) is 0 Å². The lowest BCUT2D eigenvalue weighted by atomic mass is 10.3. The fourth-order valence-corrected chi connectivity index (χ4v) is 1.46. The molecule has 0 spiro atoms. The smallest absolute Gasteiger partial charge is 0.223 e. The zero-order valence-corrected chi connectivity index (χ0v) is 10.8. The molecule has 7 heteroatoms. The maximum absolute atomic E-state index is 5.47. The van der Waals surface area contributed by atoms with Gasteiger partial charge in [0.2, 0.25) is 5.96 Å². The summed E-state index contributed by atoms with van der Waals surface area (Å²) in [6.45, 7) is 0. The molecule has 0 atom stereocenters. The van der Waals surface area contributed by atoms with E-state index in [0.717, 1.165) is 8.95 Å². The van der Waals surface area contributed by atoms with Crippen LogP contribution in [0, 0.1) is 0 Å². The van der Waals surface area contributed by atoms with Crippen LogP contribution in [0.4, 0.5) is 5.69 Å². The number of halogens is 2. The van der Waals surface area contributed by atoms with Crippen LogP contribution in [-0.2, 0) is 0 Å². The molecule has 1 aromatic rings. The van der Waals surface area contributed by atoms with Gasteiger partial charge in [0.25, 0.3) is 0 Å². The Labute approximate surface area is 104 Å². The molecule has 0 aliphatic rings. The average Bonchev–Trinajstić information content (AvgIpc) is 2.10. The van der Waals surface area contributed by atoms with E-state index in [4.69, 9.17) is 17.2 Å². The second-order valence-corrected chi connectivity index (χ2v) is 4.31. The number of nitrogens with two attached hydrogens (primary N) is 3. The third-order valence-electron chi connectivity index (χ3n) is 1.39. The van der Waals surface area contributed by atoms with Crippen molar-refractivity contribution in [2.75, 3.05) is 0 Å². The monoisotopic (exact) mass is 333 g/mol. The Morgan fingerprint density at radius 3 is 2.27 bits per heavy atom. The van der Waals surface area contributed by atoms with Gasteiger partial charge in [0.05, 0.1) is 5.69 Å². The Morgan fingerprint density at radius 1 is 1.07 bits per heavy atom. The van der Waals surface area contributed by atoms with Gasteiger partial charge in [-0.3, -0.25) is 0 Å². The molecule has 6 N–H and O–H groups in total. The molecule has 0 unspecified atom stereocenters. The molecule has 0 radical (unpaired) electrons. The summed E-state index contributed by atoms with van der Waals surface area (Å²) in [5.74, 6) is -0.100. The largest absolute Gasteiger partial charge is 0.370 e. The second-order valence-electron chi connectivity index (χ2n) is 2.61. The van der Waals surface area contributed by atoms with E-state index < -0.39 is 0 Å². The van der Waals surface area contributed by atoms with Crippen molar-refractivity contribution in [1.29, 1.82) is 0 Å². The van der Waals surface area contributed by atoms with E-state index in [1.165, 1.54) is 0 Å². The lowest BCUT2D eigenvalue weighted by Gasteiger charge is -1.98. The Hall–Kier alpha value is -1.08. The number of hydrogen-bond donors (Lipinski definition) is 3. The van der Waals surface area contributed by atoms with Gasteiger partial charge in [-0.2, -0.15) is 4.99 Å². The highest BCUT2D eigenvalue weighted by atomic mass is 79.9. The summed E-state index contributed by atoms with van der Waals surface area (Å²) >= 11 is 6.69. The predicted octanol–water partition coefficient (Wildman–Crippen LogP) is 1.43. The van der Waals surface area contributed by atoms with Gasteiger partial charge in [0, 0.05) is 8.95 Å². The molecule has 80 valence electrons. The fourth-order valence-electron chi connectivity index (χ4n) is 0.844. The van der Waals surface area contributed by atoms with Crippen molar-refractivity contribution in [1.82, 2.24) is 0 Å². The third kappa shape index (κ3) is 3.88. The van der Waals surface area contributed by atoms with Crippen molar-refractivity contribution < 1.29 is 0 Å². The maximum Gasteiger partial charge on any atom is 0.223 e. The second kappa shape index (κ2) is 5.13. The van der Waals surface area contributed by atoms with E-state index in [1.54, 1.807) is 12.1 Å². The van der Waals surface area contributed by atoms with Gasteiger partial charge in [-0.05, 0) is 50.1 Å². The van der Waals surface area contributed by atoms with Gasteiger partial charge < -0.3 is 17.2 Å². The van der Waals surface area contributed by atoms with E-state index >= 15 is 0 Å². The maximum atomic E-state index is 5.47. The first-order valence-corrected chi connectivity index (χ1v) is 5.46. The molecule has 5 nitrogen and oxygen atoms in total. The molecule has 0 aromatic heterocycles. The van der Waals surface area contributed by atoms with E-state index in [1.807, 2.05) is 6.07 Å². The van der Waals surface area contributed by atoms with Crippen LogP contribution in [0.5, 0.6) is 0 Å². The number of guanidine groups is 2. The van der Waals surface area contributed by atoms with Gasteiger partial charge in [0.15, 0.2) is 5.96 Å². The number of rotatable bonds is 1. The van der Waals surface area contributed by atoms with Crippen molar-refractivity contribution in [3.05, 3.63) is 27.1 Å². The number of hydrogen-bond acceptors (Lipinski definition) is 1. The van der Waals surface area contributed by atoms with Crippen molar-refractivity contribution >= 4 is 49.5 Å². The zero-order valence-electron chi connectivity index (χ0n) is 7.61. The third-order valence-corrected chi connectivity index (χ3v) is 3.27. The van der Waals surface area contributed by atoms with Crippen molar-refractivity contribution in [2.24, 2.45) is 27.2 Å². The lowest BCUT2D eigenvalue weighted by molar-refractivity contribution is 1.37. The summed E-state index contributed by atoms with van der Waals surface area (Å²) in [7, 11) is 0. The minimum absolute atomic E-state index is 0.0178. The molecule has 0 aliphatic heterocycles. The Bertz CT molecular complexity index is 423. The van der Waals surface area contributed by atoms with Crippen LogP contribution in [0.25, 0.3) is 0 Å². The summed E-state index contributed by atoms with van der Waals surface area (Å²) < 4.78 is 1.81. The normalized spacial score (nSPS) is 11.2. The van der Waals surface area contributed by atoms with E-state index in [9.17, 15) is 0 Å². The number of nitrogens with zero attached hydrogens (tertiary/aromatic N) is 2. The molecular weight excluding hydrogens is 326 g/mol. The molecule has 15 heavy (non-hydrogen) atoms. The first-order chi connectivity index (χ1) is 6.99. The van der Waals surface area contributed by atoms with Crippen LogP contribution in [0.2, 0.25) is 0 Å². The highest BCUT2D eigenvalue weighted by Gasteiger charge is 1.98. The van der Waals surface area contributed by atoms with Crippen molar-refractivity contribution in [3.63, 3.8) is 0 Å². The average molecular weight is 335 g/mol. The summed E-state index contributed by atoms with van der Waals surface area (Å²) in [4.78, 5) is 7.59. The van der Waals surface area contributed by atoms with Crippen molar-refractivity contribution in [2.45, 2.75) is 0 Å². The van der Waals surface area contributed by atoms with Crippen LogP contribution in [0.3, 0.4) is 0 Å². The Kier molecular flexibility index (Phi) is 4.10. The summed E-state index contributed by atoms with van der Waals surface area (Å²) in [5.41, 5.74) is 16.4. The van der Waals surface area contributed by atoms with Crippen LogP contribution in [0.1, 0.15) is 0 Å². The van der Waals surface area contributed by atoms with Gasteiger partial charge in [-0.15, -0.1) is 0 Å². The van der Waals surface area contributed by atoms with Crippen LogP contribution in [0.15, 0.2) is 37.1 Å². The SMILES string of the molecule is NC(N)=NC(N)=Nc1ccc(Br)c(Br)c1. The minimum Gasteiger partial charge on any atom is -0.370 e. The van der Waals surface area contributed by atoms with E-state index in [-0.39, 0.29) is 11.9 Å². The molecule has 0 saturated heterocycles. The summed E-state index contributed by atoms with van der Waals surface area (Å²) in [5, 5.41) is 0. The van der Waals surface area contributed by atoms with Crippen molar-refractivity contribution in [3.8, 4) is 0 Å². The Balaban J connectivity index is 2.99. The topological polar surface area (TPSA) is 103 Å². The minimum atomic E-state index is -0.118. The molecule has 0 fully saturated rings. The molecule has 0 amide bonds. The van der Waals surface area contributed by atoms with Crippen LogP contribution in [-0.4, -0.2) is 11.9 Å². The molecule has 0 aliphatic carbocycles. The number of aliphatic imine (C=N–C) groups is 2. The number of benzene rings is 1. The van der Waals surface area contributed by atoms with Gasteiger partial charge >= 0.3 is 0 Å². The molecule has 0 heterocycles. The van der Waals surface area contributed by atoms with Crippen LogP contribution >= 0.6 is 31.9 Å². The predicted molar refractivity (Wildman–Crippen MR) is 68.9 cm³/mol. The zero-order chi connectivity index (χ0) is 11.4. The molecular formula is C8H9Br2N5. The standard InChI is InChI=1S/C8H9Br2N5/c9-5-2-1-4(3-6(5)10)14-8(13)15-7(11)12/h1-3H,(H6,11,12,13,14,15). The first-order valence-electron chi connectivity index (χ1n) is 3.88. The molecule has 0 saturated carbocycles. The summed E-state index contributed by atoms with van der Waals surface area (Å²) in [6.07, 6.45) is 0. The quantitative estimate of drug-likeness (QED) is 0.534. The molecule has 0 bridgehead atoms. The van der Waals surface area contributed by atoms with Crippen LogP contribution < -0.4 is 17.2 Å². The highest BCUT2D eigenvalue weighted by Crippen LogP contribution is 2.27. The summed E-state index contributed by atoms with van der Waals surface area (Å²) in [6, 6.07) is 5.41. The molecule has 1 rings (SSSR count). The van der Waals surface area contributed by atoms with Gasteiger partial charge in [0.1, 0.15) is 0 Å². The van der Waals surface area contributed by atoms with E-state index in [2.05, 4.69) is 41.8 Å².